The van der Waals surface area contributed by atoms with Crippen molar-refractivity contribution in [2.45, 2.75) is 19.8 Å². The van der Waals surface area contributed by atoms with Crippen molar-refractivity contribution in [3.63, 3.8) is 0 Å². The van der Waals surface area contributed by atoms with E-state index in [1.807, 2.05) is 60.7 Å². The topological polar surface area (TPSA) is 68.2 Å². The number of benzene rings is 2. The summed E-state index contributed by atoms with van der Waals surface area (Å²) in [5.41, 5.74) is 2.94. The van der Waals surface area contributed by atoms with Crippen molar-refractivity contribution in [1.29, 1.82) is 5.26 Å². The fraction of sp³-hybridized carbons (Fsp3) is 0.273. The molecule has 138 valence electrons. The second-order valence-electron chi connectivity index (χ2n) is 6.86. The molecule has 1 aliphatic heterocycles. The minimum Gasteiger partial charge on any atom is -0.360 e. The Balaban J connectivity index is 1.60. The molecule has 27 heavy (non-hydrogen) atoms. The van der Waals surface area contributed by atoms with E-state index in [1.165, 1.54) is 6.20 Å². The van der Waals surface area contributed by atoms with Gasteiger partial charge in [-0.1, -0.05) is 25.1 Å². The molecule has 0 spiro atoms. The average molecular weight is 360 g/mol. The Labute approximate surface area is 160 Å². The van der Waals surface area contributed by atoms with Gasteiger partial charge in [0.2, 0.25) is 0 Å². The maximum Gasteiger partial charge on any atom is 0.266 e. The molecule has 2 N–H and O–H groups in total. The average Bonchev–Trinajstić information content (AvgIpc) is 2.71. The normalized spacial score (nSPS) is 15.1. The van der Waals surface area contributed by atoms with Gasteiger partial charge in [0.15, 0.2) is 0 Å². The van der Waals surface area contributed by atoms with Crippen molar-refractivity contribution in [3.05, 3.63) is 66.4 Å². The molecule has 0 bridgehead atoms. The number of nitriles is 1. The lowest BCUT2D eigenvalue weighted by Gasteiger charge is -2.30. The molecule has 0 unspecified atom stereocenters. The molecule has 0 atom stereocenters. The number of nitrogens with one attached hydrogen (secondary N) is 2. The molecule has 5 nitrogen and oxygen atoms in total. The summed E-state index contributed by atoms with van der Waals surface area (Å²) in [4.78, 5) is 14.3. The van der Waals surface area contributed by atoms with Crippen LogP contribution in [0.25, 0.3) is 0 Å². The summed E-state index contributed by atoms with van der Waals surface area (Å²) < 4.78 is 0. The van der Waals surface area contributed by atoms with Crippen molar-refractivity contribution < 1.29 is 4.79 Å². The first kappa shape index (κ1) is 18.5. The number of carbonyl (C=O) groups is 1. The van der Waals surface area contributed by atoms with Gasteiger partial charge < -0.3 is 15.5 Å². The number of anilines is 3. The van der Waals surface area contributed by atoms with Gasteiger partial charge in [0, 0.05) is 36.4 Å². The Bertz CT molecular complexity index is 829. The molecule has 0 aliphatic carbocycles. The highest BCUT2D eigenvalue weighted by atomic mass is 16.2. The van der Waals surface area contributed by atoms with E-state index in [1.54, 1.807) is 4.90 Å². The minimum absolute atomic E-state index is 0.135. The molecule has 0 radical (unpaired) electrons. The van der Waals surface area contributed by atoms with Gasteiger partial charge in [0.25, 0.3) is 5.91 Å². The molecule has 1 amide bonds. The Kier molecular flexibility index (Phi) is 6.11. The zero-order valence-electron chi connectivity index (χ0n) is 15.5. The SMILES string of the molecule is CC1CCN(C(=O)/C(C#N)=C\Nc2ccc(Nc3ccccc3)cc2)CC1. The lowest BCUT2D eigenvalue weighted by atomic mass is 9.99. The van der Waals surface area contributed by atoms with Crippen molar-refractivity contribution in [2.24, 2.45) is 5.92 Å². The van der Waals surface area contributed by atoms with Gasteiger partial charge in [0.05, 0.1) is 0 Å². The zero-order chi connectivity index (χ0) is 19.1. The van der Waals surface area contributed by atoms with Crippen LogP contribution in [0.15, 0.2) is 66.4 Å². The van der Waals surface area contributed by atoms with E-state index < -0.39 is 0 Å². The standard InChI is InChI=1S/C22H24N4O/c1-17-11-13-26(14-12-17)22(27)18(15-23)16-24-19-7-9-21(10-8-19)25-20-5-3-2-4-6-20/h2-10,16-17,24-25H,11-14H2,1H3/b18-16-. The predicted molar refractivity (Wildman–Crippen MR) is 108 cm³/mol. The summed E-state index contributed by atoms with van der Waals surface area (Å²) in [7, 11) is 0. The lowest BCUT2D eigenvalue weighted by molar-refractivity contribution is -0.128. The highest BCUT2D eigenvalue weighted by Gasteiger charge is 2.22. The Morgan fingerprint density at radius 1 is 1.04 bits per heavy atom. The van der Waals surface area contributed by atoms with Gasteiger partial charge in [-0.25, -0.2) is 0 Å². The van der Waals surface area contributed by atoms with Crippen LogP contribution in [0.2, 0.25) is 0 Å². The maximum atomic E-state index is 12.5. The second kappa shape index (κ2) is 8.91. The highest BCUT2D eigenvalue weighted by molar-refractivity contribution is 5.97. The zero-order valence-corrected chi connectivity index (χ0v) is 15.5. The van der Waals surface area contributed by atoms with Crippen LogP contribution in [0.5, 0.6) is 0 Å². The summed E-state index contributed by atoms with van der Waals surface area (Å²) in [5.74, 6) is 0.448. The second-order valence-corrected chi connectivity index (χ2v) is 6.86. The number of nitrogens with zero attached hydrogens (tertiary/aromatic N) is 2. The van der Waals surface area contributed by atoms with Crippen molar-refractivity contribution in [2.75, 3.05) is 23.7 Å². The molecule has 1 fully saturated rings. The first-order valence-corrected chi connectivity index (χ1v) is 9.24. The summed E-state index contributed by atoms with van der Waals surface area (Å²) in [6, 6.07) is 19.7. The van der Waals surface area contributed by atoms with Gasteiger partial charge in [-0.05, 0) is 55.2 Å². The molecule has 1 heterocycles. The molecule has 1 aliphatic rings. The third-order valence-electron chi connectivity index (χ3n) is 4.75. The van der Waals surface area contributed by atoms with Crippen LogP contribution in [0.3, 0.4) is 0 Å². The fourth-order valence-electron chi connectivity index (χ4n) is 3.02. The van der Waals surface area contributed by atoms with Gasteiger partial charge in [-0.2, -0.15) is 5.26 Å². The number of rotatable bonds is 5. The summed E-state index contributed by atoms with van der Waals surface area (Å²) in [5, 5.41) is 15.7. The van der Waals surface area contributed by atoms with Crippen LogP contribution >= 0.6 is 0 Å². The number of likely N-dealkylation sites (tertiary alicyclic amines) is 1. The molecule has 1 saturated heterocycles. The van der Waals surface area contributed by atoms with Crippen LogP contribution in [0.1, 0.15) is 19.8 Å². The van der Waals surface area contributed by atoms with E-state index in [0.717, 1.165) is 43.0 Å². The first-order valence-electron chi connectivity index (χ1n) is 9.24. The van der Waals surface area contributed by atoms with Gasteiger partial charge in [-0.15, -0.1) is 0 Å². The van der Waals surface area contributed by atoms with Gasteiger partial charge in [0.1, 0.15) is 11.6 Å². The predicted octanol–water partition coefficient (Wildman–Crippen LogP) is 4.51. The number of hydrogen-bond donors (Lipinski definition) is 2. The number of para-hydroxylation sites is 1. The van der Waals surface area contributed by atoms with Gasteiger partial charge in [-0.3, -0.25) is 4.79 Å². The number of hydrogen-bond acceptors (Lipinski definition) is 4. The smallest absolute Gasteiger partial charge is 0.266 e. The third-order valence-corrected chi connectivity index (χ3v) is 4.75. The minimum atomic E-state index is -0.195. The van der Waals surface area contributed by atoms with Crippen molar-refractivity contribution >= 4 is 23.0 Å². The highest BCUT2D eigenvalue weighted by Crippen LogP contribution is 2.20. The number of amides is 1. The van der Waals surface area contributed by atoms with E-state index in [-0.39, 0.29) is 11.5 Å². The monoisotopic (exact) mass is 360 g/mol. The quantitative estimate of drug-likeness (QED) is 0.608. The largest absolute Gasteiger partial charge is 0.360 e. The van der Waals surface area contributed by atoms with Crippen molar-refractivity contribution in [3.8, 4) is 6.07 Å². The van der Waals surface area contributed by atoms with Crippen molar-refractivity contribution in [1.82, 2.24) is 4.90 Å². The van der Waals surface area contributed by atoms with Gasteiger partial charge >= 0.3 is 0 Å². The van der Waals surface area contributed by atoms with E-state index in [4.69, 9.17) is 0 Å². The molecule has 2 aromatic rings. The van der Waals surface area contributed by atoms with Crippen LogP contribution in [-0.4, -0.2) is 23.9 Å². The molecule has 0 aromatic heterocycles. The molecular formula is C22H24N4O. The fourth-order valence-corrected chi connectivity index (χ4v) is 3.02. The maximum absolute atomic E-state index is 12.5. The first-order chi connectivity index (χ1) is 13.2. The van der Waals surface area contributed by atoms with Crippen LogP contribution in [-0.2, 0) is 4.79 Å². The van der Waals surface area contributed by atoms with Crippen LogP contribution < -0.4 is 10.6 Å². The number of carbonyl (C=O) groups excluding carboxylic acids is 1. The van der Waals surface area contributed by atoms with E-state index in [9.17, 15) is 10.1 Å². The summed E-state index contributed by atoms with van der Waals surface area (Å²) in [6.07, 6.45) is 3.49. The Morgan fingerprint density at radius 2 is 1.63 bits per heavy atom. The van der Waals surface area contributed by atoms with Crippen LogP contribution in [0, 0.1) is 17.2 Å². The number of piperidine rings is 1. The Morgan fingerprint density at radius 3 is 2.26 bits per heavy atom. The molecular weight excluding hydrogens is 336 g/mol. The Hall–Kier alpha value is -3.26. The van der Waals surface area contributed by atoms with E-state index in [2.05, 4.69) is 17.6 Å². The summed E-state index contributed by atoms with van der Waals surface area (Å²) >= 11 is 0. The van der Waals surface area contributed by atoms with E-state index >= 15 is 0 Å². The summed E-state index contributed by atoms with van der Waals surface area (Å²) in [6.45, 7) is 3.64. The van der Waals surface area contributed by atoms with E-state index in [0.29, 0.717) is 5.92 Å². The molecule has 2 aromatic carbocycles. The molecule has 0 saturated carbocycles. The van der Waals surface area contributed by atoms with Crippen LogP contribution in [0.4, 0.5) is 17.1 Å². The lowest BCUT2D eigenvalue weighted by Crippen LogP contribution is -2.38. The molecule has 5 heteroatoms. The molecule has 3 rings (SSSR count). The third kappa shape index (κ3) is 5.11.